The summed E-state index contributed by atoms with van der Waals surface area (Å²) in [6.45, 7) is 1.23. The second-order valence-corrected chi connectivity index (χ2v) is 6.71. The van der Waals surface area contributed by atoms with Crippen LogP contribution in [-0.2, 0) is 31.2 Å². The molecule has 2 aromatic rings. The van der Waals surface area contributed by atoms with E-state index < -0.39 is 11.6 Å². The fourth-order valence-electron chi connectivity index (χ4n) is 2.53. The van der Waals surface area contributed by atoms with Crippen LogP contribution in [0.5, 0.6) is 5.75 Å². The van der Waals surface area contributed by atoms with Gasteiger partial charge in [-0.1, -0.05) is 40.2 Å². The van der Waals surface area contributed by atoms with Gasteiger partial charge in [0, 0.05) is 4.47 Å². The number of methoxy groups -OCH3 is 1. The van der Waals surface area contributed by atoms with E-state index in [4.69, 9.17) is 14.2 Å². The minimum absolute atomic E-state index is 0.0962. The zero-order valence-corrected chi connectivity index (χ0v) is 15.5. The van der Waals surface area contributed by atoms with Crippen molar-refractivity contribution < 1.29 is 23.7 Å². The molecule has 1 aliphatic rings. The first kappa shape index (κ1) is 17.9. The molecule has 1 heterocycles. The summed E-state index contributed by atoms with van der Waals surface area (Å²) in [5.41, 5.74) is 1.46. The van der Waals surface area contributed by atoms with Crippen LogP contribution in [0.25, 0.3) is 0 Å². The molecule has 1 aliphatic heterocycles. The molecular weight excluding hydrogens is 388 g/mol. The molecule has 2 aromatic carbocycles. The quantitative estimate of drug-likeness (QED) is 0.659. The molecule has 0 saturated carbocycles. The van der Waals surface area contributed by atoms with Gasteiger partial charge in [-0.25, -0.2) is 4.79 Å². The van der Waals surface area contributed by atoms with Crippen LogP contribution in [0.1, 0.15) is 11.1 Å². The second-order valence-electron chi connectivity index (χ2n) is 5.79. The summed E-state index contributed by atoms with van der Waals surface area (Å²) in [6, 6.07) is 15.7. The molecule has 0 unspecified atom stereocenters. The Hall–Kier alpha value is -1.89. The fourth-order valence-corrected chi connectivity index (χ4v) is 2.97. The number of carbonyl (C=O) groups excluding carboxylic acids is 1. The predicted molar refractivity (Wildman–Crippen MR) is 95.4 cm³/mol. The van der Waals surface area contributed by atoms with Gasteiger partial charge in [-0.3, -0.25) is 0 Å². The highest BCUT2D eigenvalue weighted by molar-refractivity contribution is 9.10. The molecular formula is C19H19BrO5. The van der Waals surface area contributed by atoms with Crippen molar-refractivity contribution in [2.45, 2.75) is 12.2 Å². The highest BCUT2D eigenvalue weighted by atomic mass is 79.9. The zero-order valence-electron chi connectivity index (χ0n) is 13.9. The topological polar surface area (TPSA) is 54.0 Å². The average molecular weight is 407 g/mol. The Morgan fingerprint density at radius 2 is 1.96 bits per heavy atom. The molecule has 0 N–H and O–H groups in total. The van der Waals surface area contributed by atoms with Crippen LogP contribution in [0, 0.1) is 0 Å². The van der Waals surface area contributed by atoms with Crippen LogP contribution in [0.3, 0.4) is 0 Å². The van der Waals surface area contributed by atoms with Crippen molar-refractivity contribution in [2.24, 2.45) is 0 Å². The van der Waals surface area contributed by atoms with Crippen molar-refractivity contribution in [1.82, 2.24) is 0 Å². The molecule has 5 nitrogen and oxygen atoms in total. The SMILES string of the molecule is COC(=O)COC1(c2ccc(OCc3cccc(Br)c3)cc2)COC1. The number of hydrogen-bond acceptors (Lipinski definition) is 5. The Balaban J connectivity index is 1.62. The zero-order chi connectivity index (χ0) is 17.7. The smallest absolute Gasteiger partial charge is 0.331 e. The van der Waals surface area contributed by atoms with Crippen molar-refractivity contribution >= 4 is 21.9 Å². The monoisotopic (exact) mass is 406 g/mol. The Morgan fingerprint density at radius 1 is 1.20 bits per heavy atom. The lowest BCUT2D eigenvalue weighted by atomic mass is 9.91. The summed E-state index contributed by atoms with van der Waals surface area (Å²) >= 11 is 3.45. The molecule has 1 saturated heterocycles. The van der Waals surface area contributed by atoms with Gasteiger partial charge in [0.2, 0.25) is 0 Å². The van der Waals surface area contributed by atoms with Crippen LogP contribution in [0.15, 0.2) is 53.0 Å². The van der Waals surface area contributed by atoms with E-state index in [-0.39, 0.29) is 6.61 Å². The van der Waals surface area contributed by atoms with Gasteiger partial charge in [0.25, 0.3) is 0 Å². The van der Waals surface area contributed by atoms with Gasteiger partial charge in [-0.15, -0.1) is 0 Å². The van der Waals surface area contributed by atoms with E-state index in [1.54, 1.807) is 0 Å². The van der Waals surface area contributed by atoms with Crippen LogP contribution in [0.4, 0.5) is 0 Å². The van der Waals surface area contributed by atoms with E-state index >= 15 is 0 Å². The first-order valence-corrected chi connectivity index (χ1v) is 8.67. The summed E-state index contributed by atoms with van der Waals surface area (Å²) < 4.78 is 22.5. The number of ether oxygens (including phenoxy) is 4. The van der Waals surface area contributed by atoms with Gasteiger partial charge in [0.05, 0.1) is 20.3 Å². The van der Waals surface area contributed by atoms with Crippen LogP contribution in [-0.4, -0.2) is 32.9 Å². The fraction of sp³-hybridized carbons (Fsp3) is 0.316. The van der Waals surface area contributed by atoms with Gasteiger partial charge in [-0.2, -0.15) is 0 Å². The largest absolute Gasteiger partial charge is 0.489 e. The lowest BCUT2D eigenvalue weighted by Gasteiger charge is -2.41. The highest BCUT2D eigenvalue weighted by Crippen LogP contribution is 2.34. The van der Waals surface area contributed by atoms with E-state index in [1.807, 2.05) is 48.5 Å². The number of benzene rings is 2. The van der Waals surface area contributed by atoms with Crippen molar-refractivity contribution in [3.63, 3.8) is 0 Å². The molecule has 0 amide bonds. The van der Waals surface area contributed by atoms with Gasteiger partial charge in [0.15, 0.2) is 0 Å². The van der Waals surface area contributed by atoms with Crippen molar-refractivity contribution in [3.05, 3.63) is 64.1 Å². The normalized spacial score (nSPS) is 15.3. The number of esters is 1. The van der Waals surface area contributed by atoms with E-state index in [0.29, 0.717) is 19.8 Å². The van der Waals surface area contributed by atoms with Crippen molar-refractivity contribution in [1.29, 1.82) is 0 Å². The minimum atomic E-state index is -0.586. The molecule has 0 atom stereocenters. The average Bonchev–Trinajstić information content (AvgIpc) is 2.60. The van der Waals surface area contributed by atoms with Gasteiger partial charge in [0.1, 0.15) is 24.6 Å². The third-order valence-electron chi connectivity index (χ3n) is 4.04. The van der Waals surface area contributed by atoms with Crippen molar-refractivity contribution in [3.8, 4) is 5.75 Å². The molecule has 0 aromatic heterocycles. The second kappa shape index (κ2) is 7.99. The molecule has 6 heteroatoms. The maximum Gasteiger partial charge on any atom is 0.331 e. The summed E-state index contributed by atoms with van der Waals surface area (Å²) in [6.07, 6.45) is 0. The lowest BCUT2D eigenvalue weighted by molar-refractivity contribution is -0.220. The molecule has 25 heavy (non-hydrogen) atoms. The summed E-state index contributed by atoms with van der Waals surface area (Å²) in [4.78, 5) is 11.3. The van der Waals surface area contributed by atoms with Gasteiger partial charge < -0.3 is 18.9 Å². The van der Waals surface area contributed by atoms with E-state index in [2.05, 4.69) is 20.7 Å². The van der Waals surface area contributed by atoms with E-state index in [9.17, 15) is 4.79 Å². The van der Waals surface area contributed by atoms with Gasteiger partial charge in [-0.05, 0) is 35.4 Å². The summed E-state index contributed by atoms with van der Waals surface area (Å²) in [7, 11) is 1.34. The standard InChI is InChI=1S/C19H19BrO5/c1-22-18(21)11-25-19(12-23-13-19)15-5-7-17(8-6-15)24-10-14-3-2-4-16(20)9-14/h2-9H,10-13H2,1H3. The predicted octanol–water partition coefficient (Wildman–Crippen LogP) is 3.44. The maximum atomic E-state index is 11.3. The number of rotatable bonds is 7. The Kier molecular flexibility index (Phi) is 5.73. The molecule has 132 valence electrons. The number of halogens is 1. The number of carbonyl (C=O) groups is 1. The summed E-state index contributed by atoms with van der Waals surface area (Å²) in [5.74, 6) is 0.368. The summed E-state index contributed by atoms with van der Waals surface area (Å²) in [5, 5.41) is 0. The minimum Gasteiger partial charge on any atom is -0.489 e. The molecule has 0 aliphatic carbocycles. The molecule has 0 bridgehead atoms. The Morgan fingerprint density at radius 3 is 2.56 bits per heavy atom. The Labute approximate surface area is 155 Å². The van der Waals surface area contributed by atoms with E-state index in [1.165, 1.54) is 7.11 Å². The van der Waals surface area contributed by atoms with Gasteiger partial charge >= 0.3 is 5.97 Å². The van der Waals surface area contributed by atoms with Crippen LogP contribution < -0.4 is 4.74 Å². The first-order chi connectivity index (χ1) is 12.1. The molecule has 0 spiro atoms. The maximum absolute atomic E-state index is 11.3. The third kappa shape index (κ3) is 4.39. The van der Waals surface area contributed by atoms with Crippen LogP contribution in [0.2, 0.25) is 0 Å². The molecule has 1 fully saturated rings. The van der Waals surface area contributed by atoms with Crippen molar-refractivity contribution in [2.75, 3.05) is 26.9 Å². The molecule has 3 rings (SSSR count). The van der Waals surface area contributed by atoms with E-state index in [0.717, 1.165) is 21.3 Å². The first-order valence-electron chi connectivity index (χ1n) is 7.88. The van der Waals surface area contributed by atoms with Crippen LogP contribution >= 0.6 is 15.9 Å². The Bertz CT molecular complexity index is 725. The third-order valence-corrected chi connectivity index (χ3v) is 4.53. The number of hydrogen-bond donors (Lipinski definition) is 0. The highest BCUT2D eigenvalue weighted by Gasteiger charge is 2.42. The lowest BCUT2D eigenvalue weighted by Crippen LogP contribution is -2.49. The molecule has 0 radical (unpaired) electrons.